The molecule has 1 N–H and O–H groups in total. The Bertz CT molecular complexity index is 552. The van der Waals surface area contributed by atoms with Crippen LogP contribution in [0.1, 0.15) is 17.3 Å². The summed E-state index contributed by atoms with van der Waals surface area (Å²) in [5, 5.41) is 13.7. The Morgan fingerprint density at radius 1 is 1.69 bits per heavy atom. The molecule has 0 amide bonds. The molecule has 0 aromatic carbocycles. The van der Waals surface area contributed by atoms with Crippen molar-refractivity contribution < 1.29 is 14.6 Å². The van der Waals surface area contributed by atoms with Crippen molar-refractivity contribution in [3.8, 4) is 5.88 Å². The average molecular weight is 286 g/mol. The molecule has 0 aliphatic heterocycles. The number of esters is 1. The number of nitrogens with zero attached hydrogens (tertiary/aromatic N) is 3. The Morgan fingerprint density at radius 3 is 3.12 bits per heavy atom. The fraction of sp³-hybridized carbons (Fsp3) is 0.222. The Morgan fingerprint density at radius 2 is 2.44 bits per heavy atom. The van der Waals surface area contributed by atoms with Gasteiger partial charge in [0.1, 0.15) is 10.2 Å². The maximum Gasteiger partial charge on any atom is 0.345 e. The predicted molar refractivity (Wildman–Crippen MR) is 58.3 cm³/mol. The lowest BCUT2D eigenvalue weighted by atomic mass is 10.3. The first kappa shape index (κ1) is 10.9. The second-order valence-electron chi connectivity index (χ2n) is 2.95. The smallest absolute Gasteiger partial charge is 0.345 e. The van der Waals surface area contributed by atoms with Gasteiger partial charge in [-0.3, -0.25) is 0 Å². The highest BCUT2D eigenvalue weighted by Gasteiger charge is 2.17. The second-order valence-corrected chi connectivity index (χ2v) is 3.77. The summed E-state index contributed by atoms with van der Waals surface area (Å²) < 4.78 is 6.46. The summed E-state index contributed by atoms with van der Waals surface area (Å²) in [7, 11) is 0. The first-order valence-electron chi connectivity index (χ1n) is 4.54. The fourth-order valence-corrected chi connectivity index (χ4v) is 1.61. The maximum atomic E-state index is 11.4. The molecule has 0 aliphatic rings. The fourth-order valence-electron chi connectivity index (χ4n) is 1.25. The van der Waals surface area contributed by atoms with Crippen molar-refractivity contribution in [1.82, 2.24) is 14.6 Å². The van der Waals surface area contributed by atoms with Crippen molar-refractivity contribution in [3.63, 3.8) is 0 Å². The zero-order valence-corrected chi connectivity index (χ0v) is 9.93. The normalized spacial score (nSPS) is 10.6. The number of halogens is 1. The first-order chi connectivity index (χ1) is 7.63. The molecule has 2 aromatic rings. The van der Waals surface area contributed by atoms with Crippen molar-refractivity contribution in [2.75, 3.05) is 6.61 Å². The number of hydrogen-bond acceptors (Lipinski definition) is 5. The van der Waals surface area contributed by atoms with E-state index in [1.54, 1.807) is 13.0 Å². The molecule has 0 unspecified atom stereocenters. The second kappa shape index (κ2) is 4.09. The summed E-state index contributed by atoms with van der Waals surface area (Å²) >= 11 is 3.15. The van der Waals surface area contributed by atoms with Crippen molar-refractivity contribution in [2.45, 2.75) is 6.92 Å². The minimum absolute atomic E-state index is 0.00931. The highest BCUT2D eigenvalue weighted by Crippen LogP contribution is 2.20. The van der Waals surface area contributed by atoms with Gasteiger partial charge in [0.2, 0.25) is 5.88 Å². The molecule has 7 heteroatoms. The third kappa shape index (κ3) is 1.73. The van der Waals surface area contributed by atoms with Crippen molar-refractivity contribution in [1.29, 1.82) is 0 Å². The number of rotatable bonds is 2. The van der Waals surface area contributed by atoms with Gasteiger partial charge in [0.05, 0.1) is 6.61 Å². The van der Waals surface area contributed by atoms with Crippen LogP contribution in [-0.2, 0) is 4.74 Å². The third-order valence-electron chi connectivity index (χ3n) is 1.92. The summed E-state index contributed by atoms with van der Waals surface area (Å²) in [6, 6.07) is 1.62. The van der Waals surface area contributed by atoms with Gasteiger partial charge in [-0.25, -0.2) is 9.78 Å². The molecule has 0 aliphatic carbocycles. The van der Waals surface area contributed by atoms with Crippen molar-refractivity contribution >= 4 is 27.5 Å². The molecule has 2 rings (SSSR count). The topological polar surface area (TPSA) is 76.7 Å². The maximum absolute atomic E-state index is 11.4. The summed E-state index contributed by atoms with van der Waals surface area (Å²) in [5.74, 6) is -0.907. The van der Waals surface area contributed by atoms with Crippen LogP contribution < -0.4 is 0 Å². The molecular formula is C9H8BrN3O3. The Labute approximate surface area is 99.0 Å². The van der Waals surface area contributed by atoms with E-state index in [0.29, 0.717) is 10.3 Å². The van der Waals surface area contributed by atoms with Crippen LogP contribution in [0.5, 0.6) is 5.88 Å². The quantitative estimate of drug-likeness (QED) is 0.844. The van der Waals surface area contributed by atoms with Gasteiger partial charge in [0.15, 0.2) is 5.65 Å². The van der Waals surface area contributed by atoms with Gasteiger partial charge in [-0.05, 0) is 22.9 Å². The number of hydrogen-bond donors (Lipinski definition) is 1. The molecule has 0 atom stereocenters. The molecule has 2 aromatic heterocycles. The van der Waals surface area contributed by atoms with Crippen LogP contribution in [0.15, 0.2) is 16.9 Å². The van der Waals surface area contributed by atoms with E-state index in [4.69, 9.17) is 4.74 Å². The van der Waals surface area contributed by atoms with E-state index in [0.717, 1.165) is 4.52 Å². The highest BCUT2D eigenvalue weighted by atomic mass is 79.9. The van der Waals surface area contributed by atoms with E-state index in [-0.39, 0.29) is 18.1 Å². The molecule has 0 radical (unpaired) electrons. The first-order valence-corrected chi connectivity index (χ1v) is 5.33. The van der Waals surface area contributed by atoms with Crippen LogP contribution in [0, 0.1) is 0 Å². The van der Waals surface area contributed by atoms with Gasteiger partial charge in [-0.1, -0.05) is 0 Å². The highest BCUT2D eigenvalue weighted by molar-refractivity contribution is 9.10. The SMILES string of the molecule is CCOC(=O)c1cnc2cc(Br)nn2c1O. The number of ether oxygens (including phenoxy) is 1. The predicted octanol–water partition coefficient (Wildman–Crippen LogP) is 1.37. The minimum atomic E-state index is -0.624. The van der Waals surface area contributed by atoms with Gasteiger partial charge in [0.25, 0.3) is 0 Å². The van der Waals surface area contributed by atoms with Crippen LogP contribution in [0.25, 0.3) is 5.65 Å². The Hall–Kier alpha value is -1.63. The van der Waals surface area contributed by atoms with Gasteiger partial charge < -0.3 is 9.84 Å². The molecule has 0 bridgehead atoms. The molecule has 2 heterocycles. The minimum Gasteiger partial charge on any atom is -0.493 e. The number of carbonyl (C=O) groups excluding carboxylic acids is 1. The summed E-state index contributed by atoms with van der Waals surface area (Å²) in [5.41, 5.74) is 0.433. The lowest BCUT2D eigenvalue weighted by molar-refractivity contribution is 0.0521. The summed E-state index contributed by atoms with van der Waals surface area (Å²) in [6.07, 6.45) is 1.26. The van der Waals surface area contributed by atoms with Crippen LogP contribution >= 0.6 is 15.9 Å². The van der Waals surface area contributed by atoms with E-state index in [2.05, 4.69) is 26.0 Å². The van der Waals surface area contributed by atoms with E-state index in [9.17, 15) is 9.90 Å². The molecule has 0 fully saturated rings. The van der Waals surface area contributed by atoms with Crippen molar-refractivity contribution in [2.24, 2.45) is 0 Å². The van der Waals surface area contributed by atoms with Gasteiger partial charge in [0, 0.05) is 12.3 Å². The number of aromatic nitrogens is 3. The van der Waals surface area contributed by atoms with Crippen LogP contribution in [-0.4, -0.2) is 32.3 Å². The van der Waals surface area contributed by atoms with E-state index < -0.39 is 5.97 Å². The molecule has 16 heavy (non-hydrogen) atoms. The zero-order chi connectivity index (χ0) is 11.7. The molecular weight excluding hydrogens is 278 g/mol. The summed E-state index contributed by atoms with van der Waals surface area (Å²) in [6.45, 7) is 1.92. The standard InChI is InChI=1S/C9H8BrN3O3/c1-2-16-9(15)5-4-11-7-3-6(10)12-13(7)8(5)14/h3-4,14H,2H2,1H3. The van der Waals surface area contributed by atoms with E-state index in [1.165, 1.54) is 6.20 Å². The number of carbonyl (C=O) groups is 1. The van der Waals surface area contributed by atoms with Crippen LogP contribution in [0.3, 0.4) is 0 Å². The van der Waals surface area contributed by atoms with Gasteiger partial charge in [-0.15, -0.1) is 0 Å². The van der Waals surface area contributed by atoms with Crippen molar-refractivity contribution in [3.05, 3.63) is 22.4 Å². The third-order valence-corrected chi connectivity index (χ3v) is 2.31. The Kier molecular flexibility index (Phi) is 2.78. The zero-order valence-electron chi connectivity index (χ0n) is 8.35. The van der Waals surface area contributed by atoms with E-state index in [1.807, 2.05) is 0 Å². The van der Waals surface area contributed by atoms with Gasteiger partial charge in [-0.2, -0.15) is 9.61 Å². The molecule has 0 saturated carbocycles. The monoisotopic (exact) mass is 285 g/mol. The number of aromatic hydroxyl groups is 1. The largest absolute Gasteiger partial charge is 0.493 e. The lowest BCUT2D eigenvalue weighted by Gasteiger charge is -2.04. The number of fused-ring (bicyclic) bond motifs is 1. The van der Waals surface area contributed by atoms with Gasteiger partial charge >= 0.3 is 5.97 Å². The summed E-state index contributed by atoms with van der Waals surface area (Å²) in [4.78, 5) is 15.4. The molecule has 0 saturated heterocycles. The molecule has 84 valence electrons. The lowest BCUT2D eigenvalue weighted by Crippen LogP contribution is -2.08. The van der Waals surface area contributed by atoms with Crippen LogP contribution in [0.4, 0.5) is 0 Å². The van der Waals surface area contributed by atoms with E-state index >= 15 is 0 Å². The molecule has 0 spiro atoms. The average Bonchev–Trinajstić information content (AvgIpc) is 2.60. The van der Waals surface area contributed by atoms with Crippen LogP contribution in [0.2, 0.25) is 0 Å². The Balaban J connectivity index is 2.55. The molecule has 6 nitrogen and oxygen atoms in total.